The maximum atomic E-state index is 11.9. The van der Waals surface area contributed by atoms with Crippen molar-refractivity contribution < 1.29 is 17.9 Å². The molecule has 3 aliphatic rings. The van der Waals surface area contributed by atoms with E-state index in [-0.39, 0.29) is 6.23 Å². The molecule has 3 fully saturated rings. The second-order valence-electron chi connectivity index (χ2n) is 11.0. The van der Waals surface area contributed by atoms with Gasteiger partial charge >= 0.3 is 0 Å². The molecule has 7 rings (SSSR count). The van der Waals surface area contributed by atoms with E-state index in [1.807, 2.05) is 16.8 Å². The molecule has 0 amide bonds. The molecule has 1 aromatic carbocycles. The molecule has 3 aliphatic heterocycles. The van der Waals surface area contributed by atoms with E-state index in [1.54, 1.807) is 15.6 Å². The minimum atomic E-state index is -3.15. The fourth-order valence-corrected chi connectivity index (χ4v) is 7.91. The van der Waals surface area contributed by atoms with Gasteiger partial charge in [0.1, 0.15) is 6.23 Å². The van der Waals surface area contributed by atoms with Crippen molar-refractivity contribution in [2.24, 2.45) is 0 Å². The highest BCUT2D eigenvalue weighted by molar-refractivity contribution is 7.88. The zero-order valence-electron chi connectivity index (χ0n) is 23.2. The SMILES string of the molecule is CS(=O)(=O)N1CCN(Cc2cc3nc(-c4cccc5nn(C6CCCCO6)cc45)nc(N4CCOCC4)c3s2)CC1. The third kappa shape index (κ3) is 5.58. The molecule has 0 spiro atoms. The lowest BCUT2D eigenvalue weighted by atomic mass is 10.1. The van der Waals surface area contributed by atoms with Crippen LogP contribution >= 0.6 is 11.3 Å². The van der Waals surface area contributed by atoms with Gasteiger partial charge < -0.3 is 14.4 Å². The van der Waals surface area contributed by atoms with E-state index in [4.69, 9.17) is 24.5 Å². The van der Waals surface area contributed by atoms with Gasteiger partial charge in [-0.15, -0.1) is 11.3 Å². The standard InChI is InChI=1S/C28H35N7O4S2/c1-41(36,37)34-10-8-32(9-11-34)18-20-17-24-26(40-20)28(33-12-15-38-16-13-33)30-27(29-24)21-5-4-6-23-22(21)19-35(31-23)25-7-2-3-14-39-25/h4-6,17,19,25H,2-3,7-16,18H2,1H3. The molecule has 0 radical (unpaired) electrons. The number of anilines is 1. The number of ether oxygens (including phenoxy) is 2. The lowest BCUT2D eigenvalue weighted by Gasteiger charge is -2.32. The first-order valence-electron chi connectivity index (χ1n) is 14.3. The van der Waals surface area contributed by atoms with E-state index in [0.29, 0.717) is 45.2 Å². The number of hydrogen-bond donors (Lipinski definition) is 0. The molecule has 0 aliphatic carbocycles. The molecule has 3 saturated heterocycles. The van der Waals surface area contributed by atoms with Gasteiger partial charge in [-0.25, -0.2) is 23.1 Å². The van der Waals surface area contributed by atoms with Crippen LogP contribution in [0.5, 0.6) is 0 Å². The van der Waals surface area contributed by atoms with E-state index < -0.39 is 10.0 Å². The summed E-state index contributed by atoms with van der Waals surface area (Å²) in [5.74, 6) is 1.64. The van der Waals surface area contributed by atoms with Gasteiger partial charge in [0.05, 0.1) is 35.2 Å². The Kier molecular flexibility index (Phi) is 7.42. The summed E-state index contributed by atoms with van der Waals surface area (Å²) in [4.78, 5) is 16.1. The van der Waals surface area contributed by atoms with E-state index in [0.717, 1.165) is 78.0 Å². The number of fused-ring (bicyclic) bond motifs is 2. The first kappa shape index (κ1) is 27.2. The molecule has 11 nitrogen and oxygen atoms in total. The van der Waals surface area contributed by atoms with Gasteiger partial charge in [-0.3, -0.25) is 4.90 Å². The minimum absolute atomic E-state index is 0.0324. The van der Waals surface area contributed by atoms with Crippen LogP contribution in [-0.2, 0) is 26.0 Å². The van der Waals surface area contributed by atoms with E-state index in [1.165, 1.54) is 11.1 Å². The van der Waals surface area contributed by atoms with Gasteiger partial charge in [-0.05, 0) is 31.4 Å². The van der Waals surface area contributed by atoms with Crippen LogP contribution in [0, 0.1) is 0 Å². The second-order valence-corrected chi connectivity index (χ2v) is 14.1. The van der Waals surface area contributed by atoms with Crippen LogP contribution in [0.1, 0.15) is 30.4 Å². The summed E-state index contributed by atoms with van der Waals surface area (Å²) in [5.41, 5.74) is 2.81. The van der Waals surface area contributed by atoms with Crippen molar-refractivity contribution in [3.63, 3.8) is 0 Å². The van der Waals surface area contributed by atoms with Crippen LogP contribution in [0.2, 0.25) is 0 Å². The fourth-order valence-electron chi connectivity index (χ4n) is 5.93. The molecule has 4 aromatic rings. The highest BCUT2D eigenvalue weighted by Gasteiger charge is 2.26. The molecule has 0 saturated carbocycles. The van der Waals surface area contributed by atoms with Crippen molar-refractivity contribution in [2.45, 2.75) is 32.0 Å². The van der Waals surface area contributed by atoms with Crippen molar-refractivity contribution in [2.75, 3.05) is 70.2 Å². The summed E-state index contributed by atoms with van der Waals surface area (Å²) in [6, 6.07) is 8.31. The summed E-state index contributed by atoms with van der Waals surface area (Å²) in [6.07, 6.45) is 6.54. The van der Waals surface area contributed by atoms with Crippen LogP contribution in [0.15, 0.2) is 30.5 Å². The molecular formula is C28H35N7O4S2. The Hall–Kier alpha value is -2.68. The third-order valence-corrected chi connectivity index (χ3v) is 10.6. The van der Waals surface area contributed by atoms with Crippen molar-refractivity contribution in [1.29, 1.82) is 0 Å². The summed E-state index contributed by atoms with van der Waals surface area (Å²) in [7, 11) is -3.15. The average molecular weight is 598 g/mol. The molecule has 218 valence electrons. The zero-order valence-corrected chi connectivity index (χ0v) is 24.9. The third-order valence-electron chi connectivity index (χ3n) is 8.15. The minimum Gasteiger partial charge on any atom is -0.378 e. The second kappa shape index (κ2) is 11.2. The number of hydrogen-bond acceptors (Lipinski definition) is 10. The van der Waals surface area contributed by atoms with Crippen molar-refractivity contribution in [3.05, 3.63) is 35.3 Å². The summed E-state index contributed by atoms with van der Waals surface area (Å²) < 4.78 is 40.1. The Balaban J connectivity index is 1.24. The van der Waals surface area contributed by atoms with Gasteiger partial charge in [-0.2, -0.15) is 9.40 Å². The van der Waals surface area contributed by atoms with Crippen LogP contribution in [-0.4, -0.2) is 103 Å². The highest BCUT2D eigenvalue weighted by Crippen LogP contribution is 2.37. The van der Waals surface area contributed by atoms with Gasteiger partial charge in [0.15, 0.2) is 11.6 Å². The Morgan fingerprint density at radius 1 is 1.00 bits per heavy atom. The van der Waals surface area contributed by atoms with E-state index in [2.05, 4.69) is 28.1 Å². The molecule has 1 unspecified atom stereocenters. The molecule has 0 N–H and O–H groups in total. The Bertz CT molecular complexity index is 1650. The van der Waals surface area contributed by atoms with Crippen LogP contribution in [0.25, 0.3) is 32.5 Å². The topological polar surface area (TPSA) is 106 Å². The highest BCUT2D eigenvalue weighted by atomic mass is 32.2. The number of aromatic nitrogens is 4. The Morgan fingerprint density at radius 3 is 2.59 bits per heavy atom. The van der Waals surface area contributed by atoms with Crippen LogP contribution in [0.3, 0.4) is 0 Å². The lowest BCUT2D eigenvalue weighted by molar-refractivity contribution is -0.0390. The van der Waals surface area contributed by atoms with Crippen molar-refractivity contribution in [3.8, 4) is 11.4 Å². The number of nitrogens with zero attached hydrogens (tertiary/aromatic N) is 7. The van der Waals surface area contributed by atoms with Crippen molar-refractivity contribution in [1.82, 2.24) is 29.0 Å². The van der Waals surface area contributed by atoms with Gasteiger partial charge in [0, 0.05) is 74.4 Å². The predicted molar refractivity (Wildman–Crippen MR) is 160 cm³/mol. The van der Waals surface area contributed by atoms with Gasteiger partial charge in [-0.1, -0.05) is 12.1 Å². The Labute approximate surface area is 243 Å². The molecule has 0 bridgehead atoms. The lowest BCUT2D eigenvalue weighted by Crippen LogP contribution is -2.47. The largest absolute Gasteiger partial charge is 0.378 e. The molecular weight excluding hydrogens is 562 g/mol. The van der Waals surface area contributed by atoms with Gasteiger partial charge in [0.2, 0.25) is 10.0 Å². The van der Waals surface area contributed by atoms with E-state index >= 15 is 0 Å². The molecule has 13 heteroatoms. The first-order valence-corrected chi connectivity index (χ1v) is 17.0. The van der Waals surface area contributed by atoms with Gasteiger partial charge in [0.25, 0.3) is 0 Å². The quantitative estimate of drug-likeness (QED) is 0.331. The summed E-state index contributed by atoms with van der Waals surface area (Å²) in [6.45, 7) is 6.93. The van der Waals surface area contributed by atoms with E-state index in [9.17, 15) is 8.42 Å². The number of thiophene rings is 1. The number of sulfonamides is 1. The number of morpholine rings is 1. The average Bonchev–Trinajstić information content (AvgIpc) is 3.61. The smallest absolute Gasteiger partial charge is 0.211 e. The molecule has 6 heterocycles. The summed E-state index contributed by atoms with van der Waals surface area (Å²) in [5, 5.41) is 5.87. The molecule has 41 heavy (non-hydrogen) atoms. The molecule has 1 atom stereocenters. The Morgan fingerprint density at radius 2 is 1.83 bits per heavy atom. The monoisotopic (exact) mass is 597 g/mol. The number of benzene rings is 1. The number of rotatable bonds is 6. The maximum Gasteiger partial charge on any atom is 0.211 e. The number of piperazine rings is 1. The maximum absolute atomic E-state index is 11.9. The van der Waals surface area contributed by atoms with Crippen LogP contribution in [0.4, 0.5) is 5.82 Å². The first-order chi connectivity index (χ1) is 19.9. The fraction of sp³-hybridized carbons (Fsp3) is 0.536. The summed E-state index contributed by atoms with van der Waals surface area (Å²) >= 11 is 1.73. The van der Waals surface area contributed by atoms with Crippen molar-refractivity contribution >= 4 is 48.3 Å². The zero-order chi connectivity index (χ0) is 28.0. The molecule has 3 aromatic heterocycles. The predicted octanol–water partition coefficient (Wildman–Crippen LogP) is 3.32. The van der Waals surface area contributed by atoms with Crippen LogP contribution < -0.4 is 4.90 Å². The normalized spacial score (nSPS) is 21.7.